The van der Waals surface area contributed by atoms with E-state index in [1.165, 1.54) is 11.1 Å². The van der Waals surface area contributed by atoms with Crippen LogP contribution in [-0.4, -0.2) is 23.7 Å². The molecule has 152 valence electrons. The van der Waals surface area contributed by atoms with Crippen LogP contribution < -0.4 is 0 Å². The zero-order valence-electron chi connectivity index (χ0n) is 17.4. The van der Waals surface area contributed by atoms with E-state index in [9.17, 15) is 9.59 Å². The SMILES string of the molecule is CC(C)(CCc1ccccc1)C(=O)O.CC(C)C(=O)OCCc1ccccc1. The fourth-order valence-corrected chi connectivity index (χ4v) is 2.29. The molecule has 2 rings (SSSR count). The number of esters is 1. The minimum atomic E-state index is -0.728. The van der Waals surface area contributed by atoms with Crippen LogP contribution in [-0.2, 0) is 27.2 Å². The average molecular weight is 385 g/mol. The van der Waals surface area contributed by atoms with Crippen molar-refractivity contribution in [3.05, 3.63) is 71.8 Å². The van der Waals surface area contributed by atoms with Crippen molar-refractivity contribution in [3.8, 4) is 0 Å². The van der Waals surface area contributed by atoms with Crippen molar-refractivity contribution in [3.63, 3.8) is 0 Å². The second-order valence-corrected chi connectivity index (χ2v) is 7.73. The van der Waals surface area contributed by atoms with E-state index in [-0.39, 0.29) is 11.9 Å². The minimum absolute atomic E-state index is 0.0363. The predicted molar refractivity (Wildman–Crippen MR) is 112 cm³/mol. The lowest BCUT2D eigenvalue weighted by Crippen LogP contribution is -2.24. The van der Waals surface area contributed by atoms with E-state index in [2.05, 4.69) is 0 Å². The maximum absolute atomic E-state index is 11.1. The second kappa shape index (κ2) is 12.0. The van der Waals surface area contributed by atoms with Gasteiger partial charge in [-0.1, -0.05) is 74.5 Å². The zero-order chi connectivity index (χ0) is 21.0. The van der Waals surface area contributed by atoms with Crippen LogP contribution in [0.4, 0.5) is 0 Å². The van der Waals surface area contributed by atoms with Crippen molar-refractivity contribution >= 4 is 11.9 Å². The van der Waals surface area contributed by atoms with Gasteiger partial charge in [-0.15, -0.1) is 0 Å². The molecule has 0 aliphatic heterocycles. The highest BCUT2D eigenvalue weighted by molar-refractivity contribution is 5.73. The number of aryl methyl sites for hydroxylation is 1. The van der Waals surface area contributed by atoms with Crippen molar-refractivity contribution in [2.45, 2.75) is 47.0 Å². The standard InChI is InChI=1S/2C12H16O2/c1-12(2,11(13)14)9-8-10-6-4-3-5-7-10;1-10(2)12(13)14-9-8-11-6-4-3-5-7-11/h3-7H,8-9H2,1-2H3,(H,13,14);3-7,10H,8-9H2,1-2H3. The summed E-state index contributed by atoms with van der Waals surface area (Å²) in [6.45, 7) is 7.67. The van der Waals surface area contributed by atoms with E-state index in [0.717, 1.165) is 12.8 Å². The molecule has 0 heterocycles. The van der Waals surface area contributed by atoms with Crippen LogP contribution in [0, 0.1) is 11.3 Å². The van der Waals surface area contributed by atoms with Crippen LogP contribution in [0.5, 0.6) is 0 Å². The Morgan fingerprint density at radius 1 is 0.893 bits per heavy atom. The molecule has 0 bridgehead atoms. The quantitative estimate of drug-likeness (QED) is 0.639. The van der Waals surface area contributed by atoms with Gasteiger partial charge in [-0.2, -0.15) is 0 Å². The molecule has 0 unspecified atom stereocenters. The molecule has 1 N–H and O–H groups in total. The van der Waals surface area contributed by atoms with Crippen LogP contribution in [0.25, 0.3) is 0 Å². The van der Waals surface area contributed by atoms with Crippen molar-refractivity contribution in [1.29, 1.82) is 0 Å². The van der Waals surface area contributed by atoms with Gasteiger partial charge in [0.15, 0.2) is 0 Å². The van der Waals surface area contributed by atoms with Crippen molar-refractivity contribution in [1.82, 2.24) is 0 Å². The first-order valence-corrected chi connectivity index (χ1v) is 9.70. The van der Waals surface area contributed by atoms with Crippen LogP contribution in [0.1, 0.15) is 45.2 Å². The van der Waals surface area contributed by atoms with Gasteiger partial charge in [0.05, 0.1) is 17.9 Å². The first-order valence-electron chi connectivity index (χ1n) is 9.70. The van der Waals surface area contributed by atoms with Gasteiger partial charge in [-0.3, -0.25) is 9.59 Å². The molecule has 2 aromatic carbocycles. The fourth-order valence-electron chi connectivity index (χ4n) is 2.29. The topological polar surface area (TPSA) is 63.6 Å². The van der Waals surface area contributed by atoms with E-state index in [1.807, 2.05) is 74.5 Å². The summed E-state index contributed by atoms with van der Waals surface area (Å²) in [5, 5.41) is 8.92. The predicted octanol–water partition coefficient (Wildman–Crippen LogP) is 5.16. The number of hydrogen-bond acceptors (Lipinski definition) is 3. The van der Waals surface area contributed by atoms with Gasteiger partial charge in [-0.05, 0) is 37.8 Å². The molecule has 4 heteroatoms. The van der Waals surface area contributed by atoms with Crippen molar-refractivity contribution in [2.24, 2.45) is 11.3 Å². The molecule has 0 amide bonds. The van der Waals surface area contributed by atoms with Gasteiger partial charge < -0.3 is 9.84 Å². The Labute approximate surface area is 168 Å². The summed E-state index contributed by atoms with van der Waals surface area (Å²) in [5.41, 5.74) is 1.77. The van der Waals surface area contributed by atoms with Gasteiger partial charge in [0, 0.05) is 6.42 Å². The fraction of sp³-hybridized carbons (Fsp3) is 0.417. The number of ether oxygens (including phenoxy) is 1. The van der Waals surface area contributed by atoms with E-state index >= 15 is 0 Å². The Balaban J connectivity index is 0.000000280. The summed E-state index contributed by atoms with van der Waals surface area (Å²) >= 11 is 0. The van der Waals surface area contributed by atoms with Gasteiger partial charge in [0.1, 0.15) is 0 Å². The highest BCUT2D eigenvalue weighted by Gasteiger charge is 2.26. The van der Waals surface area contributed by atoms with Crippen molar-refractivity contribution in [2.75, 3.05) is 6.61 Å². The Bertz CT molecular complexity index is 704. The van der Waals surface area contributed by atoms with Crippen LogP contribution in [0.2, 0.25) is 0 Å². The second-order valence-electron chi connectivity index (χ2n) is 7.73. The van der Waals surface area contributed by atoms with Gasteiger partial charge in [0.2, 0.25) is 0 Å². The molecule has 0 atom stereocenters. The molecule has 0 aromatic heterocycles. The number of carboxylic acid groups (broad SMARTS) is 1. The molecule has 0 aliphatic rings. The molecule has 2 aromatic rings. The molecule has 4 nitrogen and oxygen atoms in total. The number of carbonyl (C=O) groups is 2. The summed E-state index contributed by atoms with van der Waals surface area (Å²) in [5.74, 6) is -0.889. The molecule has 0 radical (unpaired) electrons. The summed E-state index contributed by atoms with van der Waals surface area (Å²) in [6.07, 6.45) is 2.28. The number of aliphatic carboxylic acids is 1. The van der Waals surface area contributed by atoms with Crippen LogP contribution in [0.15, 0.2) is 60.7 Å². The number of carbonyl (C=O) groups excluding carboxylic acids is 1. The van der Waals surface area contributed by atoms with Gasteiger partial charge >= 0.3 is 11.9 Å². The van der Waals surface area contributed by atoms with Crippen LogP contribution in [0.3, 0.4) is 0 Å². The molecule has 0 saturated heterocycles. The Hall–Kier alpha value is -2.62. The number of rotatable bonds is 8. The number of hydrogen-bond donors (Lipinski definition) is 1. The van der Waals surface area contributed by atoms with E-state index in [1.54, 1.807) is 13.8 Å². The molecule has 0 spiro atoms. The molecule has 0 fully saturated rings. The molecular weight excluding hydrogens is 352 g/mol. The summed E-state index contributed by atoms with van der Waals surface area (Å²) in [4.78, 5) is 22.0. The molecule has 0 aliphatic carbocycles. The Morgan fingerprint density at radius 2 is 1.36 bits per heavy atom. The largest absolute Gasteiger partial charge is 0.481 e. The average Bonchev–Trinajstić information content (AvgIpc) is 2.68. The summed E-state index contributed by atoms with van der Waals surface area (Å²) < 4.78 is 5.07. The van der Waals surface area contributed by atoms with E-state index < -0.39 is 11.4 Å². The van der Waals surface area contributed by atoms with Crippen molar-refractivity contribution < 1.29 is 19.4 Å². The lowest BCUT2D eigenvalue weighted by molar-refractivity contribution is -0.148. The van der Waals surface area contributed by atoms with Crippen LogP contribution >= 0.6 is 0 Å². The van der Waals surface area contributed by atoms with Gasteiger partial charge in [0.25, 0.3) is 0 Å². The molecular formula is C24H32O4. The maximum Gasteiger partial charge on any atom is 0.309 e. The number of carboxylic acids is 1. The maximum atomic E-state index is 11.1. The summed E-state index contributed by atoms with van der Waals surface area (Å²) in [7, 11) is 0. The van der Waals surface area contributed by atoms with E-state index in [0.29, 0.717) is 13.0 Å². The first-order chi connectivity index (χ1) is 13.2. The van der Waals surface area contributed by atoms with E-state index in [4.69, 9.17) is 9.84 Å². The number of benzene rings is 2. The first kappa shape index (κ1) is 23.4. The Kier molecular flexibility index (Phi) is 10.0. The third kappa shape index (κ3) is 9.36. The summed E-state index contributed by atoms with van der Waals surface area (Å²) in [6, 6.07) is 20.0. The smallest absolute Gasteiger partial charge is 0.309 e. The third-order valence-electron chi connectivity index (χ3n) is 4.41. The highest BCUT2D eigenvalue weighted by Crippen LogP contribution is 2.22. The third-order valence-corrected chi connectivity index (χ3v) is 4.41. The zero-order valence-corrected chi connectivity index (χ0v) is 17.4. The normalized spacial score (nSPS) is 10.8. The molecule has 0 saturated carbocycles. The molecule has 28 heavy (non-hydrogen) atoms. The van der Waals surface area contributed by atoms with Gasteiger partial charge in [-0.25, -0.2) is 0 Å². The minimum Gasteiger partial charge on any atom is -0.481 e. The lowest BCUT2D eigenvalue weighted by atomic mass is 9.86. The monoisotopic (exact) mass is 384 g/mol. The lowest BCUT2D eigenvalue weighted by Gasteiger charge is -2.18. The Morgan fingerprint density at radius 3 is 1.79 bits per heavy atom. The highest BCUT2D eigenvalue weighted by atomic mass is 16.5.